The number of benzene rings is 1. The summed E-state index contributed by atoms with van der Waals surface area (Å²) < 4.78 is 10.4. The zero-order valence-corrected chi connectivity index (χ0v) is 13.0. The van der Waals surface area contributed by atoms with E-state index in [0.717, 1.165) is 17.7 Å². The fraction of sp³-hybridized carbons (Fsp3) is 0.500. The molecule has 0 aliphatic rings. The molecule has 0 heterocycles. The lowest BCUT2D eigenvalue weighted by Gasteiger charge is -2.19. The summed E-state index contributed by atoms with van der Waals surface area (Å²) in [5.74, 6) is 0.264. The quantitative estimate of drug-likeness (QED) is 0.783. The molecule has 0 spiro atoms. The highest BCUT2D eigenvalue weighted by molar-refractivity contribution is 5.83. The molecule has 21 heavy (non-hydrogen) atoms. The number of hydrogen-bond donors (Lipinski definition) is 1. The van der Waals surface area contributed by atoms with Crippen LogP contribution < -0.4 is 10.1 Å². The average molecular weight is 293 g/mol. The molecule has 2 unspecified atom stereocenters. The lowest BCUT2D eigenvalue weighted by Crippen LogP contribution is -2.44. The number of carbonyl (C=O) groups excluding carboxylic acids is 2. The molecule has 1 aromatic rings. The van der Waals surface area contributed by atoms with Crippen LogP contribution in [0.3, 0.4) is 0 Å². The van der Waals surface area contributed by atoms with Crippen molar-refractivity contribution < 1.29 is 19.1 Å². The minimum atomic E-state index is -0.808. The Balaban J connectivity index is 2.80. The molecule has 0 aromatic heterocycles. The SMILES string of the molecule is CCC(C)c1ccccc1OCC(NC(C)=O)C(=O)OC. The second kappa shape index (κ2) is 8.29. The molecule has 0 radical (unpaired) electrons. The van der Waals surface area contributed by atoms with Gasteiger partial charge in [0.25, 0.3) is 0 Å². The molecule has 0 bridgehead atoms. The minimum Gasteiger partial charge on any atom is -0.491 e. The van der Waals surface area contributed by atoms with Crippen molar-refractivity contribution in [1.29, 1.82) is 0 Å². The van der Waals surface area contributed by atoms with Gasteiger partial charge < -0.3 is 14.8 Å². The Morgan fingerprint density at radius 2 is 1.95 bits per heavy atom. The summed E-state index contributed by atoms with van der Waals surface area (Å²) in [5, 5.41) is 2.53. The fourth-order valence-electron chi connectivity index (χ4n) is 1.97. The van der Waals surface area contributed by atoms with Crippen LogP contribution in [0.4, 0.5) is 0 Å². The van der Waals surface area contributed by atoms with Gasteiger partial charge in [0, 0.05) is 6.92 Å². The number of amides is 1. The van der Waals surface area contributed by atoms with Crippen molar-refractivity contribution in [3.63, 3.8) is 0 Å². The molecule has 0 fully saturated rings. The monoisotopic (exact) mass is 293 g/mol. The number of hydrogen-bond acceptors (Lipinski definition) is 4. The Bertz CT molecular complexity index is 487. The van der Waals surface area contributed by atoms with E-state index in [1.165, 1.54) is 14.0 Å². The number of nitrogens with one attached hydrogen (secondary N) is 1. The largest absolute Gasteiger partial charge is 0.491 e. The fourth-order valence-corrected chi connectivity index (χ4v) is 1.97. The van der Waals surface area contributed by atoms with E-state index >= 15 is 0 Å². The van der Waals surface area contributed by atoms with E-state index in [0.29, 0.717) is 5.92 Å². The van der Waals surface area contributed by atoms with Crippen LogP contribution in [0.1, 0.15) is 38.7 Å². The first kappa shape index (κ1) is 17.0. The van der Waals surface area contributed by atoms with Gasteiger partial charge in [-0.05, 0) is 24.0 Å². The molecule has 1 rings (SSSR count). The van der Waals surface area contributed by atoms with E-state index in [-0.39, 0.29) is 12.5 Å². The molecule has 1 N–H and O–H groups in total. The van der Waals surface area contributed by atoms with E-state index in [1.807, 2.05) is 24.3 Å². The maximum Gasteiger partial charge on any atom is 0.331 e. The first-order valence-electron chi connectivity index (χ1n) is 7.06. The van der Waals surface area contributed by atoms with Gasteiger partial charge in [0.05, 0.1) is 7.11 Å². The maximum absolute atomic E-state index is 11.6. The van der Waals surface area contributed by atoms with Crippen LogP contribution in [0.5, 0.6) is 5.75 Å². The van der Waals surface area contributed by atoms with Gasteiger partial charge in [0.15, 0.2) is 6.04 Å². The summed E-state index contributed by atoms with van der Waals surface area (Å²) in [6.07, 6.45) is 0.993. The highest BCUT2D eigenvalue weighted by atomic mass is 16.5. The summed E-state index contributed by atoms with van der Waals surface area (Å²) in [5.41, 5.74) is 1.09. The number of carbonyl (C=O) groups is 2. The molecule has 1 aromatic carbocycles. The number of methoxy groups -OCH3 is 1. The molecule has 5 heteroatoms. The second-order valence-corrected chi connectivity index (χ2v) is 4.93. The van der Waals surface area contributed by atoms with E-state index in [2.05, 4.69) is 23.9 Å². The van der Waals surface area contributed by atoms with Gasteiger partial charge in [-0.25, -0.2) is 4.79 Å². The normalized spacial score (nSPS) is 13.1. The predicted octanol–water partition coefficient (Wildman–Crippen LogP) is 2.26. The standard InChI is InChI=1S/C16H23NO4/c1-5-11(2)13-8-6-7-9-15(13)21-10-14(16(19)20-4)17-12(3)18/h6-9,11,14H,5,10H2,1-4H3,(H,17,18). The summed E-state index contributed by atoms with van der Waals surface area (Å²) in [7, 11) is 1.28. The zero-order chi connectivity index (χ0) is 15.8. The first-order valence-corrected chi connectivity index (χ1v) is 7.06. The van der Waals surface area contributed by atoms with E-state index in [1.54, 1.807) is 0 Å². The molecule has 5 nitrogen and oxygen atoms in total. The maximum atomic E-state index is 11.6. The predicted molar refractivity (Wildman–Crippen MR) is 80.3 cm³/mol. The Hall–Kier alpha value is -2.04. The molecular formula is C16H23NO4. The van der Waals surface area contributed by atoms with Gasteiger partial charge in [-0.2, -0.15) is 0 Å². The molecule has 0 saturated heterocycles. The van der Waals surface area contributed by atoms with Crippen LogP contribution in [-0.2, 0) is 14.3 Å². The minimum absolute atomic E-state index is 0.0414. The Morgan fingerprint density at radius 1 is 1.29 bits per heavy atom. The Morgan fingerprint density at radius 3 is 2.52 bits per heavy atom. The highest BCUT2D eigenvalue weighted by Gasteiger charge is 2.21. The number of rotatable bonds is 7. The van der Waals surface area contributed by atoms with Crippen molar-refractivity contribution in [3.05, 3.63) is 29.8 Å². The van der Waals surface area contributed by atoms with Crippen molar-refractivity contribution in [2.45, 2.75) is 39.2 Å². The van der Waals surface area contributed by atoms with Crippen LogP contribution in [0.15, 0.2) is 24.3 Å². The van der Waals surface area contributed by atoms with E-state index < -0.39 is 12.0 Å². The second-order valence-electron chi connectivity index (χ2n) is 4.93. The molecule has 2 atom stereocenters. The smallest absolute Gasteiger partial charge is 0.331 e. The van der Waals surface area contributed by atoms with Crippen LogP contribution in [0.2, 0.25) is 0 Å². The number of esters is 1. The summed E-state index contributed by atoms with van der Waals surface area (Å²) in [6, 6.07) is 6.91. The third kappa shape index (κ3) is 5.10. The van der Waals surface area contributed by atoms with Gasteiger partial charge >= 0.3 is 5.97 Å². The van der Waals surface area contributed by atoms with Crippen LogP contribution in [0.25, 0.3) is 0 Å². The summed E-state index contributed by atoms with van der Waals surface area (Å²) >= 11 is 0. The third-order valence-corrected chi connectivity index (χ3v) is 3.33. The lowest BCUT2D eigenvalue weighted by atomic mass is 9.98. The molecular weight excluding hydrogens is 270 g/mol. The Labute approximate surface area is 125 Å². The first-order chi connectivity index (χ1) is 9.99. The molecule has 0 saturated carbocycles. The zero-order valence-electron chi connectivity index (χ0n) is 13.0. The average Bonchev–Trinajstić information content (AvgIpc) is 2.49. The van der Waals surface area contributed by atoms with Gasteiger partial charge in [0.2, 0.25) is 5.91 Å². The van der Waals surface area contributed by atoms with Gasteiger partial charge in [-0.3, -0.25) is 4.79 Å². The van der Waals surface area contributed by atoms with Crippen molar-refractivity contribution in [2.75, 3.05) is 13.7 Å². The van der Waals surface area contributed by atoms with E-state index in [9.17, 15) is 9.59 Å². The van der Waals surface area contributed by atoms with Crippen molar-refractivity contribution in [2.24, 2.45) is 0 Å². The van der Waals surface area contributed by atoms with Gasteiger partial charge in [-0.1, -0.05) is 32.0 Å². The van der Waals surface area contributed by atoms with Crippen LogP contribution >= 0.6 is 0 Å². The van der Waals surface area contributed by atoms with Gasteiger partial charge in [-0.15, -0.1) is 0 Å². The van der Waals surface area contributed by atoms with Crippen molar-refractivity contribution in [3.8, 4) is 5.75 Å². The van der Waals surface area contributed by atoms with Crippen LogP contribution in [-0.4, -0.2) is 31.6 Å². The summed E-state index contributed by atoms with van der Waals surface area (Å²) in [6.45, 7) is 5.62. The van der Waals surface area contributed by atoms with E-state index in [4.69, 9.17) is 4.74 Å². The number of para-hydroxylation sites is 1. The third-order valence-electron chi connectivity index (χ3n) is 3.33. The molecule has 116 valence electrons. The van der Waals surface area contributed by atoms with Crippen molar-refractivity contribution in [1.82, 2.24) is 5.32 Å². The van der Waals surface area contributed by atoms with Gasteiger partial charge in [0.1, 0.15) is 12.4 Å². The highest BCUT2D eigenvalue weighted by Crippen LogP contribution is 2.28. The molecule has 1 amide bonds. The molecule has 0 aliphatic carbocycles. The summed E-state index contributed by atoms with van der Waals surface area (Å²) in [4.78, 5) is 22.8. The lowest BCUT2D eigenvalue weighted by molar-refractivity contribution is -0.145. The molecule has 0 aliphatic heterocycles. The Kier molecular flexibility index (Phi) is 6.72. The topological polar surface area (TPSA) is 64.6 Å². The number of ether oxygens (including phenoxy) is 2. The van der Waals surface area contributed by atoms with Crippen LogP contribution in [0, 0.1) is 0 Å². The van der Waals surface area contributed by atoms with Crippen molar-refractivity contribution >= 4 is 11.9 Å².